The Labute approximate surface area is 129 Å². The number of carbonyl (C=O) groups excluding carboxylic acids is 2. The molecule has 114 valence electrons. The number of aryl methyl sites for hydroxylation is 1. The molecular weight excluding hydrogens is 278 g/mol. The molecule has 0 bridgehead atoms. The molecule has 2 N–H and O–H groups in total. The SMILES string of the molecule is Cc1ccc(C(=O)c2ccccc2C(=O)NCCCO)cc1. The van der Waals surface area contributed by atoms with Crippen molar-refractivity contribution in [1.29, 1.82) is 0 Å². The Kier molecular flexibility index (Phi) is 5.44. The van der Waals surface area contributed by atoms with Gasteiger partial charge in [0.15, 0.2) is 5.78 Å². The first-order chi connectivity index (χ1) is 10.6. The maximum Gasteiger partial charge on any atom is 0.252 e. The highest BCUT2D eigenvalue weighted by Crippen LogP contribution is 2.15. The van der Waals surface area contributed by atoms with Gasteiger partial charge in [0.2, 0.25) is 0 Å². The van der Waals surface area contributed by atoms with Gasteiger partial charge in [-0.2, -0.15) is 0 Å². The fourth-order valence-corrected chi connectivity index (χ4v) is 2.12. The topological polar surface area (TPSA) is 66.4 Å². The first kappa shape index (κ1) is 15.9. The molecule has 0 saturated carbocycles. The van der Waals surface area contributed by atoms with E-state index in [1.165, 1.54) is 0 Å². The fourth-order valence-electron chi connectivity index (χ4n) is 2.12. The molecule has 0 fully saturated rings. The van der Waals surface area contributed by atoms with Crippen LogP contribution in [-0.4, -0.2) is 29.9 Å². The summed E-state index contributed by atoms with van der Waals surface area (Å²) in [6.07, 6.45) is 0.486. The number of aliphatic hydroxyl groups is 1. The molecule has 4 heteroatoms. The van der Waals surface area contributed by atoms with Crippen LogP contribution in [0.4, 0.5) is 0 Å². The summed E-state index contributed by atoms with van der Waals surface area (Å²) in [7, 11) is 0. The van der Waals surface area contributed by atoms with Gasteiger partial charge in [0, 0.05) is 24.3 Å². The maximum atomic E-state index is 12.6. The van der Waals surface area contributed by atoms with Gasteiger partial charge in [0.05, 0.1) is 5.56 Å². The van der Waals surface area contributed by atoms with Crippen LogP contribution in [0, 0.1) is 6.92 Å². The summed E-state index contributed by atoms with van der Waals surface area (Å²) in [5.41, 5.74) is 2.37. The first-order valence-corrected chi connectivity index (χ1v) is 7.23. The Morgan fingerprint density at radius 3 is 2.27 bits per heavy atom. The van der Waals surface area contributed by atoms with Crippen molar-refractivity contribution in [3.63, 3.8) is 0 Å². The summed E-state index contributed by atoms with van der Waals surface area (Å²) in [5, 5.41) is 11.5. The number of rotatable bonds is 6. The van der Waals surface area contributed by atoms with Crippen molar-refractivity contribution >= 4 is 11.7 Å². The summed E-state index contributed by atoms with van der Waals surface area (Å²) in [6, 6.07) is 14.0. The van der Waals surface area contributed by atoms with Gasteiger partial charge < -0.3 is 10.4 Å². The minimum absolute atomic E-state index is 0.0181. The Morgan fingerprint density at radius 2 is 1.64 bits per heavy atom. The smallest absolute Gasteiger partial charge is 0.252 e. The second-order valence-corrected chi connectivity index (χ2v) is 5.07. The van der Waals surface area contributed by atoms with E-state index in [1.54, 1.807) is 36.4 Å². The summed E-state index contributed by atoms with van der Waals surface area (Å²) < 4.78 is 0. The predicted octanol–water partition coefficient (Wildman–Crippen LogP) is 2.34. The fraction of sp³-hybridized carbons (Fsp3) is 0.222. The molecule has 0 heterocycles. The lowest BCUT2D eigenvalue weighted by Crippen LogP contribution is -2.26. The standard InChI is InChI=1S/C18H19NO3/c1-13-7-9-14(10-8-13)17(21)15-5-2-3-6-16(15)18(22)19-11-4-12-20/h2-3,5-10,20H,4,11-12H2,1H3,(H,19,22). The average Bonchev–Trinajstić information content (AvgIpc) is 2.55. The number of hydrogen-bond donors (Lipinski definition) is 2. The van der Waals surface area contributed by atoms with Crippen molar-refractivity contribution in [1.82, 2.24) is 5.32 Å². The van der Waals surface area contributed by atoms with Crippen LogP contribution in [-0.2, 0) is 0 Å². The van der Waals surface area contributed by atoms with E-state index >= 15 is 0 Å². The second-order valence-electron chi connectivity index (χ2n) is 5.07. The van der Waals surface area contributed by atoms with Crippen LogP contribution in [0.1, 0.15) is 38.3 Å². The molecule has 0 atom stereocenters. The third kappa shape index (κ3) is 3.80. The van der Waals surface area contributed by atoms with Crippen molar-refractivity contribution in [2.45, 2.75) is 13.3 Å². The number of amides is 1. The quantitative estimate of drug-likeness (QED) is 0.635. The molecule has 0 unspecified atom stereocenters. The molecule has 2 aromatic carbocycles. The van der Waals surface area contributed by atoms with E-state index in [0.29, 0.717) is 29.7 Å². The molecule has 22 heavy (non-hydrogen) atoms. The average molecular weight is 297 g/mol. The molecule has 2 aromatic rings. The molecule has 1 amide bonds. The summed E-state index contributed by atoms with van der Waals surface area (Å²) in [4.78, 5) is 24.8. The van der Waals surface area contributed by atoms with Crippen LogP contribution >= 0.6 is 0 Å². The van der Waals surface area contributed by atoms with Gasteiger partial charge in [0.25, 0.3) is 5.91 Å². The molecule has 0 saturated heterocycles. The van der Waals surface area contributed by atoms with E-state index in [2.05, 4.69) is 5.32 Å². The third-order valence-electron chi connectivity index (χ3n) is 3.35. The van der Waals surface area contributed by atoms with E-state index in [1.807, 2.05) is 19.1 Å². The molecule has 0 aromatic heterocycles. The van der Waals surface area contributed by atoms with Crippen molar-refractivity contribution in [2.75, 3.05) is 13.2 Å². The van der Waals surface area contributed by atoms with Crippen LogP contribution in [0.3, 0.4) is 0 Å². The van der Waals surface area contributed by atoms with E-state index in [0.717, 1.165) is 5.56 Å². The number of benzene rings is 2. The monoisotopic (exact) mass is 297 g/mol. The normalized spacial score (nSPS) is 10.3. The summed E-state index contributed by atoms with van der Waals surface area (Å²) >= 11 is 0. The lowest BCUT2D eigenvalue weighted by Gasteiger charge is -2.09. The van der Waals surface area contributed by atoms with E-state index in [4.69, 9.17) is 5.11 Å². The van der Waals surface area contributed by atoms with Gasteiger partial charge >= 0.3 is 0 Å². The van der Waals surface area contributed by atoms with Crippen LogP contribution in [0.15, 0.2) is 48.5 Å². The second kappa shape index (κ2) is 7.52. The minimum Gasteiger partial charge on any atom is -0.396 e. The summed E-state index contributed by atoms with van der Waals surface area (Å²) in [6.45, 7) is 2.35. The number of carbonyl (C=O) groups is 2. The van der Waals surface area contributed by atoms with Crippen LogP contribution in [0.25, 0.3) is 0 Å². The molecule has 0 aliphatic heterocycles. The van der Waals surface area contributed by atoms with Crippen molar-refractivity contribution in [3.05, 3.63) is 70.8 Å². The maximum absolute atomic E-state index is 12.6. The molecule has 0 aliphatic rings. The minimum atomic E-state index is -0.301. The molecule has 4 nitrogen and oxygen atoms in total. The highest BCUT2D eigenvalue weighted by molar-refractivity contribution is 6.15. The Morgan fingerprint density at radius 1 is 1.00 bits per heavy atom. The van der Waals surface area contributed by atoms with Crippen molar-refractivity contribution < 1.29 is 14.7 Å². The van der Waals surface area contributed by atoms with Gasteiger partial charge in [-0.05, 0) is 19.4 Å². The third-order valence-corrected chi connectivity index (χ3v) is 3.35. The lowest BCUT2D eigenvalue weighted by atomic mass is 9.97. The van der Waals surface area contributed by atoms with Crippen LogP contribution in [0.2, 0.25) is 0 Å². The van der Waals surface area contributed by atoms with Crippen molar-refractivity contribution in [2.24, 2.45) is 0 Å². The Balaban J connectivity index is 2.25. The van der Waals surface area contributed by atoms with Gasteiger partial charge in [-0.15, -0.1) is 0 Å². The largest absolute Gasteiger partial charge is 0.396 e. The van der Waals surface area contributed by atoms with E-state index < -0.39 is 0 Å². The molecule has 0 aliphatic carbocycles. The molecule has 0 spiro atoms. The number of hydrogen-bond acceptors (Lipinski definition) is 3. The predicted molar refractivity (Wildman–Crippen MR) is 85.1 cm³/mol. The molecule has 0 radical (unpaired) electrons. The molecular formula is C18H19NO3. The first-order valence-electron chi connectivity index (χ1n) is 7.23. The van der Waals surface area contributed by atoms with Crippen LogP contribution < -0.4 is 5.32 Å². The Hall–Kier alpha value is -2.46. The van der Waals surface area contributed by atoms with Gasteiger partial charge in [-0.1, -0.05) is 48.0 Å². The van der Waals surface area contributed by atoms with Gasteiger partial charge in [0.1, 0.15) is 0 Å². The zero-order chi connectivity index (χ0) is 15.9. The highest BCUT2D eigenvalue weighted by Gasteiger charge is 2.17. The van der Waals surface area contributed by atoms with Crippen LogP contribution in [0.5, 0.6) is 0 Å². The van der Waals surface area contributed by atoms with Gasteiger partial charge in [-0.25, -0.2) is 0 Å². The lowest BCUT2D eigenvalue weighted by molar-refractivity contribution is 0.0940. The Bertz CT molecular complexity index is 662. The number of ketones is 1. The highest BCUT2D eigenvalue weighted by atomic mass is 16.3. The van der Waals surface area contributed by atoms with Crippen molar-refractivity contribution in [3.8, 4) is 0 Å². The molecule has 2 rings (SSSR count). The number of aliphatic hydroxyl groups excluding tert-OH is 1. The summed E-state index contributed by atoms with van der Waals surface area (Å²) in [5.74, 6) is -0.475. The van der Waals surface area contributed by atoms with E-state index in [-0.39, 0.29) is 18.3 Å². The zero-order valence-corrected chi connectivity index (χ0v) is 12.5. The number of nitrogens with one attached hydrogen (secondary N) is 1. The zero-order valence-electron chi connectivity index (χ0n) is 12.5. The van der Waals surface area contributed by atoms with Gasteiger partial charge in [-0.3, -0.25) is 9.59 Å². The van der Waals surface area contributed by atoms with E-state index in [9.17, 15) is 9.59 Å².